The Morgan fingerprint density at radius 3 is 2.58 bits per heavy atom. The molecule has 1 aromatic carbocycles. The standard InChI is InChI=1S/C15H19F2NO/c1-18(12-5-3-2-4-6-12)10-15(19)13-8-7-11(16)9-14(13)17/h7-9,12H,2-6,10H2,1H3. The molecule has 104 valence electrons. The molecule has 2 nitrogen and oxygen atoms in total. The number of benzene rings is 1. The van der Waals surface area contributed by atoms with Crippen molar-refractivity contribution < 1.29 is 13.6 Å². The molecule has 1 saturated carbocycles. The summed E-state index contributed by atoms with van der Waals surface area (Å²) < 4.78 is 26.3. The van der Waals surface area contributed by atoms with Crippen molar-refractivity contribution in [3.05, 3.63) is 35.4 Å². The van der Waals surface area contributed by atoms with E-state index in [1.807, 2.05) is 11.9 Å². The van der Waals surface area contributed by atoms with Crippen molar-refractivity contribution in [3.63, 3.8) is 0 Å². The SMILES string of the molecule is CN(CC(=O)c1ccc(F)cc1F)C1CCCCC1. The summed E-state index contributed by atoms with van der Waals surface area (Å²) in [6.07, 6.45) is 5.82. The van der Waals surface area contributed by atoms with Crippen molar-refractivity contribution >= 4 is 5.78 Å². The maximum atomic E-state index is 13.5. The van der Waals surface area contributed by atoms with E-state index in [9.17, 15) is 13.6 Å². The van der Waals surface area contributed by atoms with Gasteiger partial charge in [-0.05, 0) is 32.0 Å². The first-order chi connectivity index (χ1) is 9.08. The summed E-state index contributed by atoms with van der Waals surface area (Å²) in [5.74, 6) is -1.72. The Bertz CT molecular complexity index is 455. The molecule has 1 fully saturated rings. The average Bonchev–Trinajstić information content (AvgIpc) is 2.39. The van der Waals surface area contributed by atoms with Gasteiger partial charge < -0.3 is 0 Å². The number of hydrogen-bond donors (Lipinski definition) is 0. The molecule has 1 aromatic rings. The zero-order valence-corrected chi connectivity index (χ0v) is 11.2. The number of rotatable bonds is 4. The van der Waals surface area contributed by atoms with Gasteiger partial charge in [-0.2, -0.15) is 0 Å². The molecule has 0 aliphatic heterocycles. The molecule has 0 N–H and O–H groups in total. The zero-order valence-electron chi connectivity index (χ0n) is 11.2. The zero-order chi connectivity index (χ0) is 13.8. The molecule has 0 aromatic heterocycles. The topological polar surface area (TPSA) is 20.3 Å². The van der Waals surface area contributed by atoms with E-state index in [0.29, 0.717) is 6.04 Å². The molecule has 0 saturated heterocycles. The summed E-state index contributed by atoms with van der Waals surface area (Å²) in [6.45, 7) is 0.188. The van der Waals surface area contributed by atoms with E-state index >= 15 is 0 Å². The van der Waals surface area contributed by atoms with Crippen LogP contribution in [0.3, 0.4) is 0 Å². The van der Waals surface area contributed by atoms with Gasteiger partial charge in [0.15, 0.2) is 5.78 Å². The summed E-state index contributed by atoms with van der Waals surface area (Å²) in [4.78, 5) is 14.0. The molecule has 4 heteroatoms. The number of carbonyl (C=O) groups is 1. The molecule has 0 unspecified atom stereocenters. The van der Waals surface area contributed by atoms with Gasteiger partial charge in [0.2, 0.25) is 0 Å². The molecule has 1 aliphatic carbocycles. The Labute approximate surface area is 112 Å². The molecule has 0 bridgehead atoms. The van der Waals surface area contributed by atoms with Crippen molar-refractivity contribution in [1.29, 1.82) is 0 Å². The number of nitrogens with zero attached hydrogens (tertiary/aromatic N) is 1. The number of carbonyl (C=O) groups excluding carboxylic acids is 1. The summed E-state index contributed by atoms with van der Waals surface area (Å²) in [6, 6.07) is 3.51. The van der Waals surface area contributed by atoms with Gasteiger partial charge >= 0.3 is 0 Å². The number of ketones is 1. The number of hydrogen-bond acceptors (Lipinski definition) is 2. The normalized spacial score (nSPS) is 16.8. The van der Waals surface area contributed by atoms with Crippen LogP contribution < -0.4 is 0 Å². The highest BCUT2D eigenvalue weighted by Gasteiger charge is 2.21. The summed E-state index contributed by atoms with van der Waals surface area (Å²) >= 11 is 0. The molecule has 0 atom stereocenters. The van der Waals surface area contributed by atoms with Crippen LogP contribution in [0.4, 0.5) is 8.78 Å². The molecule has 19 heavy (non-hydrogen) atoms. The minimum absolute atomic E-state index is 0.0240. The lowest BCUT2D eigenvalue weighted by Gasteiger charge is -2.30. The third kappa shape index (κ3) is 3.60. The highest BCUT2D eigenvalue weighted by Crippen LogP contribution is 2.22. The van der Waals surface area contributed by atoms with Crippen LogP contribution in [0, 0.1) is 11.6 Å². The van der Waals surface area contributed by atoms with Crippen LogP contribution in [0.5, 0.6) is 0 Å². The van der Waals surface area contributed by atoms with Gasteiger partial charge in [0, 0.05) is 12.1 Å². The fourth-order valence-electron chi connectivity index (χ4n) is 2.68. The molecule has 2 rings (SSSR count). The van der Waals surface area contributed by atoms with Crippen LogP contribution in [-0.2, 0) is 0 Å². The van der Waals surface area contributed by atoms with Crippen molar-refractivity contribution in [1.82, 2.24) is 4.90 Å². The summed E-state index contributed by atoms with van der Waals surface area (Å²) in [5.41, 5.74) is -0.0240. The van der Waals surface area contributed by atoms with E-state index in [4.69, 9.17) is 0 Å². The average molecular weight is 267 g/mol. The Hall–Kier alpha value is -1.29. The van der Waals surface area contributed by atoms with Crippen molar-refractivity contribution in [3.8, 4) is 0 Å². The molecule has 0 heterocycles. The molecule has 0 spiro atoms. The molecular formula is C15H19F2NO. The molecule has 0 amide bonds. The third-order valence-electron chi connectivity index (χ3n) is 3.82. The van der Waals surface area contributed by atoms with Crippen LogP contribution in [-0.4, -0.2) is 30.3 Å². The number of likely N-dealkylation sites (N-methyl/N-ethyl adjacent to an activating group) is 1. The van der Waals surface area contributed by atoms with Gasteiger partial charge in [0.05, 0.1) is 12.1 Å². The second-order valence-electron chi connectivity index (χ2n) is 5.25. The summed E-state index contributed by atoms with van der Waals surface area (Å²) in [7, 11) is 1.90. The predicted molar refractivity (Wildman–Crippen MR) is 70.2 cm³/mol. The van der Waals surface area contributed by atoms with E-state index in [1.165, 1.54) is 25.3 Å². The largest absolute Gasteiger partial charge is 0.296 e. The van der Waals surface area contributed by atoms with Gasteiger partial charge in [0.25, 0.3) is 0 Å². The predicted octanol–water partition coefficient (Wildman–Crippen LogP) is 3.41. The highest BCUT2D eigenvalue weighted by molar-refractivity contribution is 5.97. The maximum absolute atomic E-state index is 13.5. The van der Waals surface area contributed by atoms with Gasteiger partial charge in [-0.3, -0.25) is 9.69 Å². The Kier molecular flexibility index (Phi) is 4.64. The number of halogens is 2. The lowest BCUT2D eigenvalue weighted by atomic mass is 9.94. The smallest absolute Gasteiger partial charge is 0.179 e. The lowest BCUT2D eigenvalue weighted by molar-refractivity contribution is 0.0895. The minimum atomic E-state index is -0.776. The fraction of sp³-hybridized carbons (Fsp3) is 0.533. The van der Waals surface area contributed by atoms with Gasteiger partial charge in [-0.1, -0.05) is 19.3 Å². The van der Waals surface area contributed by atoms with Crippen molar-refractivity contribution in [2.45, 2.75) is 38.1 Å². The molecular weight excluding hydrogens is 248 g/mol. The van der Waals surface area contributed by atoms with Crippen LogP contribution >= 0.6 is 0 Å². The van der Waals surface area contributed by atoms with E-state index < -0.39 is 11.6 Å². The Morgan fingerprint density at radius 2 is 1.95 bits per heavy atom. The fourth-order valence-corrected chi connectivity index (χ4v) is 2.68. The molecule has 0 radical (unpaired) electrons. The van der Waals surface area contributed by atoms with E-state index in [0.717, 1.165) is 25.0 Å². The maximum Gasteiger partial charge on any atom is 0.179 e. The number of Topliss-reactive ketones (excluding diaryl/α,β-unsaturated/α-hetero) is 1. The minimum Gasteiger partial charge on any atom is -0.296 e. The van der Waals surface area contributed by atoms with E-state index in [1.54, 1.807) is 0 Å². The monoisotopic (exact) mass is 267 g/mol. The summed E-state index contributed by atoms with van der Waals surface area (Å²) in [5, 5.41) is 0. The van der Waals surface area contributed by atoms with E-state index in [2.05, 4.69) is 0 Å². The first kappa shape index (κ1) is 14.1. The van der Waals surface area contributed by atoms with Crippen molar-refractivity contribution in [2.75, 3.05) is 13.6 Å². The van der Waals surface area contributed by atoms with Gasteiger partial charge in [0.1, 0.15) is 11.6 Å². The van der Waals surface area contributed by atoms with Crippen LogP contribution in [0.15, 0.2) is 18.2 Å². The van der Waals surface area contributed by atoms with Crippen LogP contribution in [0.25, 0.3) is 0 Å². The van der Waals surface area contributed by atoms with E-state index in [-0.39, 0.29) is 17.9 Å². The second-order valence-corrected chi connectivity index (χ2v) is 5.25. The first-order valence-corrected chi connectivity index (χ1v) is 6.76. The first-order valence-electron chi connectivity index (χ1n) is 6.76. The lowest BCUT2D eigenvalue weighted by Crippen LogP contribution is -2.37. The van der Waals surface area contributed by atoms with Gasteiger partial charge in [-0.25, -0.2) is 8.78 Å². The Balaban J connectivity index is 1.99. The highest BCUT2D eigenvalue weighted by atomic mass is 19.1. The van der Waals surface area contributed by atoms with Crippen LogP contribution in [0.1, 0.15) is 42.5 Å². The van der Waals surface area contributed by atoms with Crippen molar-refractivity contribution in [2.24, 2.45) is 0 Å². The van der Waals surface area contributed by atoms with Crippen LogP contribution in [0.2, 0.25) is 0 Å². The Morgan fingerprint density at radius 1 is 1.26 bits per heavy atom. The second kappa shape index (κ2) is 6.24. The quantitative estimate of drug-likeness (QED) is 0.779. The third-order valence-corrected chi connectivity index (χ3v) is 3.82. The van der Waals surface area contributed by atoms with Gasteiger partial charge in [-0.15, -0.1) is 0 Å². The molecule has 1 aliphatic rings.